The molecule has 0 fully saturated rings. The van der Waals surface area contributed by atoms with E-state index < -0.39 is 5.97 Å². The van der Waals surface area contributed by atoms with E-state index in [9.17, 15) is 14.7 Å². The molecule has 0 saturated carbocycles. The molecule has 0 atom stereocenters. The van der Waals surface area contributed by atoms with Gasteiger partial charge in [0.2, 0.25) is 0 Å². The Morgan fingerprint density at radius 2 is 1.45 bits per heavy atom. The van der Waals surface area contributed by atoms with Crippen molar-refractivity contribution < 1.29 is 14.3 Å². The molecule has 0 aliphatic carbocycles. The van der Waals surface area contributed by atoms with Crippen LogP contribution in [0.1, 0.15) is 46.7 Å². The lowest BCUT2D eigenvalue weighted by molar-refractivity contribution is -0.132. The van der Waals surface area contributed by atoms with Gasteiger partial charge >= 0.3 is 11.6 Å². The SMILES string of the molecule is CCc1c(/C=C/c2ccc(/C=C/c3ccc(/C=C(\CC#N)C(=O)O)cc3)cc2)c(=O)oc2cc(N(C)C)ccc12. The van der Waals surface area contributed by atoms with Crippen molar-refractivity contribution in [2.45, 2.75) is 19.8 Å². The molecular formula is C34H30N2O4. The van der Waals surface area contributed by atoms with Crippen molar-refractivity contribution in [1.82, 2.24) is 0 Å². The molecule has 0 saturated heterocycles. The summed E-state index contributed by atoms with van der Waals surface area (Å²) in [6, 6.07) is 23.2. The van der Waals surface area contributed by atoms with Crippen molar-refractivity contribution in [1.29, 1.82) is 5.26 Å². The van der Waals surface area contributed by atoms with Gasteiger partial charge in [-0.1, -0.05) is 73.7 Å². The van der Waals surface area contributed by atoms with Gasteiger partial charge in [-0.15, -0.1) is 0 Å². The third-order valence-electron chi connectivity index (χ3n) is 6.58. The lowest BCUT2D eigenvalue weighted by Gasteiger charge is -2.14. The molecule has 0 unspecified atom stereocenters. The fraction of sp³-hybridized carbons (Fsp3) is 0.147. The molecule has 0 aliphatic heterocycles. The van der Waals surface area contributed by atoms with E-state index in [1.165, 1.54) is 6.08 Å². The molecule has 0 amide bonds. The minimum atomic E-state index is -1.09. The zero-order valence-corrected chi connectivity index (χ0v) is 22.7. The number of rotatable bonds is 9. The number of nitrogens with zero attached hydrogens (tertiary/aromatic N) is 2. The summed E-state index contributed by atoms with van der Waals surface area (Å²) in [7, 11) is 3.90. The summed E-state index contributed by atoms with van der Waals surface area (Å²) >= 11 is 0. The monoisotopic (exact) mass is 530 g/mol. The van der Waals surface area contributed by atoms with E-state index >= 15 is 0 Å². The minimum absolute atomic E-state index is 0.0610. The largest absolute Gasteiger partial charge is 0.478 e. The molecule has 6 heteroatoms. The number of anilines is 1. The fourth-order valence-electron chi connectivity index (χ4n) is 4.36. The number of carbonyl (C=O) groups is 1. The molecule has 1 N–H and O–H groups in total. The molecule has 0 radical (unpaired) electrons. The molecule has 4 aromatic rings. The highest BCUT2D eigenvalue weighted by Gasteiger charge is 2.12. The van der Waals surface area contributed by atoms with Crippen molar-refractivity contribution in [3.63, 3.8) is 0 Å². The number of fused-ring (bicyclic) bond motifs is 1. The second-order valence-electron chi connectivity index (χ2n) is 9.52. The lowest BCUT2D eigenvalue weighted by atomic mass is 10.0. The van der Waals surface area contributed by atoms with Gasteiger partial charge in [0, 0.05) is 31.2 Å². The Hall–Kier alpha value is -5.15. The van der Waals surface area contributed by atoms with Gasteiger partial charge in [-0.05, 0) is 58.5 Å². The lowest BCUT2D eigenvalue weighted by Crippen LogP contribution is -2.10. The summed E-state index contributed by atoms with van der Waals surface area (Å²) in [6.45, 7) is 2.04. The molecule has 6 nitrogen and oxygen atoms in total. The van der Waals surface area contributed by atoms with Gasteiger partial charge in [-0.25, -0.2) is 9.59 Å². The first kappa shape index (κ1) is 27.9. The Morgan fingerprint density at radius 3 is 1.95 bits per heavy atom. The van der Waals surface area contributed by atoms with Crippen molar-refractivity contribution >= 4 is 53.0 Å². The van der Waals surface area contributed by atoms with E-state index in [0.29, 0.717) is 17.6 Å². The minimum Gasteiger partial charge on any atom is -0.478 e. The van der Waals surface area contributed by atoms with Crippen LogP contribution in [-0.4, -0.2) is 25.2 Å². The summed E-state index contributed by atoms with van der Waals surface area (Å²) < 4.78 is 5.67. The van der Waals surface area contributed by atoms with E-state index in [4.69, 9.17) is 9.68 Å². The van der Waals surface area contributed by atoms with Crippen molar-refractivity contribution in [3.05, 3.63) is 116 Å². The highest BCUT2D eigenvalue weighted by Crippen LogP contribution is 2.26. The average Bonchev–Trinajstić information content (AvgIpc) is 2.95. The third-order valence-corrected chi connectivity index (χ3v) is 6.58. The van der Waals surface area contributed by atoms with Crippen molar-refractivity contribution in [2.24, 2.45) is 0 Å². The Kier molecular flexibility index (Phi) is 8.78. The predicted molar refractivity (Wildman–Crippen MR) is 163 cm³/mol. The van der Waals surface area contributed by atoms with Crippen LogP contribution in [0.4, 0.5) is 5.69 Å². The van der Waals surface area contributed by atoms with Crippen LogP contribution < -0.4 is 10.5 Å². The topological polar surface area (TPSA) is 94.5 Å². The summed E-state index contributed by atoms with van der Waals surface area (Å²) in [5.74, 6) is -1.09. The van der Waals surface area contributed by atoms with Gasteiger partial charge < -0.3 is 14.4 Å². The molecule has 1 heterocycles. The van der Waals surface area contributed by atoms with Crippen molar-refractivity contribution in [3.8, 4) is 6.07 Å². The van der Waals surface area contributed by atoms with Crippen LogP contribution in [0.15, 0.2) is 81.5 Å². The quantitative estimate of drug-likeness (QED) is 0.140. The van der Waals surface area contributed by atoms with Crippen molar-refractivity contribution in [2.75, 3.05) is 19.0 Å². The molecule has 1 aromatic heterocycles. The number of hydrogen-bond donors (Lipinski definition) is 1. The summed E-state index contributed by atoms with van der Waals surface area (Å²) in [6.07, 6.45) is 9.80. The van der Waals surface area contributed by atoms with E-state index in [-0.39, 0.29) is 17.6 Å². The van der Waals surface area contributed by atoms with E-state index in [1.807, 2.05) is 123 Å². The van der Waals surface area contributed by atoms with Crippen LogP contribution in [0, 0.1) is 11.3 Å². The summed E-state index contributed by atoms with van der Waals surface area (Å²) in [5, 5.41) is 18.9. The molecule has 40 heavy (non-hydrogen) atoms. The molecule has 0 aliphatic rings. The fourth-order valence-corrected chi connectivity index (χ4v) is 4.36. The van der Waals surface area contributed by atoms with E-state index in [2.05, 4.69) is 0 Å². The summed E-state index contributed by atoms with van der Waals surface area (Å²) in [5.41, 5.74) is 6.49. The maximum Gasteiger partial charge on any atom is 0.343 e. The van der Waals surface area contributed by atoms with E-state index in [1.54, 1.807) is 0 Å². The molecule has 3 aromatic carbocycles. The number of aryl methyl sites for hydroxylation is 1. The number of aliphatic carboxylic acids is 1. The molecule has 200 valence electrons. The average molecular weight is 531 g/mol. The number of benzene rings is 3. The van der Waals surface area contributed by atoms with Crippen LogP contribution in [0.5, 0.6) is 0 Å². The highest BCUT2D eigenvalue weighted by atomic mass is 16.4. The molecular weight excluding hydrogens is 500 g/mol. The van der Waals surface area contributed by atoms with Gasteiger partial charge in [-0.2, -0.15) is 5.26 Å². The molecule has 0 spiro atoms. The second kappa shape index (κ2) is 12.6. The van der Waals surface area contributed by atoms with Gasteiger partial charge in [0.05, 0.1) is 23.6 Å². The van der Waals surface area contributed by atoms with Crippen LogP contribution in [0.3, 0.4) is 0 Å². The number of nitriles is 1. The van der Waals surface area contributed by atoms with Gasteiger partial charge in [0.1, 0.15) is 5.58 Å². The smallest absolute Gasteiger partial charge is 0.343 e. The molecule has 4 rings (SSSR count). The maximum atomic E-state index is 12.8. The maximum absolute atomic E-state index is 12.8. The Balaban J connectivity index is 1.49. The Morgan fingerprint density at radius 1 is 0.900 bits per heavy atom. The number of carboxylic acids is 1. The summed E-state index contributed by atoms with van der Waals surface area (Å²) in [4.78, 5) is 26.0. The second-order valence-corrected chi connectivity index (χ2v) is 9.52. The van der Waals surface area contributed by atoms with Gasteiger partial charge in [-0.3, -0.25) is 0 Å². The predicted octanol–water partition coefficient (Wildman–Crippen LogP) is 7.14. The zero-order valence-electron chi connectivity index (χ0n) is 22.7. The first-order valence-electron chi connectivity index (χ1n) is 12.9. The molecule has 0 bridgehead atoms. The number of carboxylic acid groups (broad SMARTS) is 1. The van der Waals surface area contributed by atoms with Crippen LogP contribution in [0.2, 0.25) is 0 Å². The zero-order chi connectivity index (χ0) is 28.6. The Bertz CT molecular complexity index is 1720. The third kappa shape index (κ3) is 6.64. The Labute approximate surface area is 233 Å². The first-order chi connectivity index (χ1) is 19.3. The number of hydrogen-bond acceptors (Lipinski definition) is 5. The first-order valence-corrected chi connectivity index (χ1v) is 12.9. The van der Waals surface area contributed by atoms with Crippen LogP contribution in [-0.2, 0) is 11.2 Å². The van der Waals surface area contributed by atoms with Crippen LogP contribution in [0.25, 0.3) is 41.3 Å². The van der Waals surface area contributed by atoms with Gasteiger partial charge in [0.15, 0.2) is 0 Å². The standard InChI is InChI=1S/C34H30N2O4/c1-4-29-30-18-16-28(36(2)3)22-32(30)40-34(39)31(29)17-15-25-9-7-23(8-10-25)5-6-24-11-13-26(14-12-24)21-27(19-20-35)33(37)38/h5-18,21-22H,4,19H2,1-3H3,(H,37,38)/b6-5+,17-15+,27-21+. The van der Waals surface area contributed by atoms with Gasteiger partial charge in [0.25, 0.3) is 0 Å². The van der Waals surface area contributed by atoms with Crippen LogP contribution >= 0.6 is 0 Å². The highest BCUT2D eigenvalue weighted by molar-refractivity contribution is 5.92. The van der Waals surface area contributed by atoms with E-state index in [0.717, 1.165) is 38.9 Å². The normalized spacial score (nSPS) is 11.8.